The van der Waals surface area contributed by atoms with Crippen molar-refractivity contribution in [2.75, 3.05) is 33.1 Å². The second-order valence-electron chi connectivity index (χ2n) is 9.38. The molecule has 1 amide bonds. The van der Waals surface area contributed by atoms with Gasteiger partial charge in [0.15, 0.2) is 17.4 Å². The summed E-state index contributed by atoms with van der Waals surface area (Å²) in [6.07, 6.45) is 2.94. The van der Waals surface area contributed by atoms with Gasteiger partial charge in [-0.25, -0.2) is 22.5 Å². The first-order chi connectivity index (χ1) is 18.6. The number of aromatic nitrogens is 2. The summed E-state index contributed by atoms with van der Waals surface area (Å²) in [5.41, 5.74) is 0.236. The number of methoxy groups -OCH3 is 1. The first-order valence-electron chi connectivity index (χ1n) is 12.5. The van der Waals surface area contributed by atoms with Gasteiger partial charge < -0.3 is 24.5 Å². The summed E-state index contributed by atoms with van der Waals surface area (Å²) >= 11 is 0. The Kier molecular flexibility index (Phi) is 9.15. The van der Waals surface area contributed by atoms with Gasteiger partial charge in [0.1, 0.15) is 11.1 Å². The molecule has 1 saturated heterocycles. The summed E-state index contributed by atoms with van der Waals surface area (Å²) in [5, 5.41) is 2.62. The second kappa shape index (κ2) is 12.5. The fourth-order valence-electron chi connectivity index (χ4n) is 4.30. The molecular weight excluding hydrogens is 531 g/mol. The van der Waals surface area contributed by atoms with Crippen LogP contribution < -0.4 is 25.1 Å². The lowest BCUT2D eigenvalue weighted by atomic mass is 9.96. The lowest BCUT2D eigenvalue weighted by Crippen LogP contribution is -2.37. The number of benzene rings is 2. The Bertz CT molecular complexity index is 1490. The third-order valence-electron chi connectivity index (χ3n) is 6.39. The molecule has 3 aromatic rings. The Morgan fingerprint density at radius 2 is 2.08 bits per heavy atom. The summed E-state index contributed by atoms with van der Waals surface area (Å²) in [6, 6.07) is 9.64. The molecule has 2 heterocycles. The van der Waals surface area contributed by atoms with Crippen molar-refractivity contribution in [3.05, 3.63) is 64.0 Å². The van der Waals surface area contributed by atoms with Gasteiger partial charge in [-0.2, -0.15) is 0 Å². The average molecular weight is 563 g/mol. The minimum absolute atomic E-state index is 0.0776. The molecule has 39 heavy (non-hydrogen) atoms. The first-order valence-corrected chi connectivity index (χ1v) is 14.3. The number of nitrogens with zero attached hydrogens (tertiary/aromatic N) is 1. The van der Waals surface area contributed by atoms with Crippen LogP contribution in [0, 0.1) is 11.7 Å². The monoisotopic (exact) mass is 562 g/mol. The summed E-state index contributed by atoms with van der Waals surface area (Å²) in [4.78, 5) is 32.2. The average Bonchev–Trinajstić information content (AvgIpc) is 2.92. The molecule has 1 aliphatic rings. The Labute approximate surface area is 225 Å². The first kappa shape index (κ1) is 28.5. The smallest absolute Gasteiger partial charge is 0.287 e. The van der Waals surface area contributed by atoms with Gasteiger partial charge in [-0.1, -0.05) is 12.1 Å². The van der Waals surface area contributed by atoms with Crippen LogP contribution in [0.15, 0.2) is 41.2 Å². The molecule has 2 atom stereocenters. The van der Waals surface area contributed by atoms with E-state index in [9.17, 15) is 22.4 Å². The van der Waals surface area contributed by atoms with Crippen molar-refractivity contribution >= 4 is 26.8 Å². The van der Waals surface area contributed by atoms with Gasteiger partial charge in [-0.15, -0.1) is 0 Å². The zero-order chi connectivity index (χ0) is 28.0. The number of carbonyl (C=O) groups is 1. The van der Waals surface area contributed by atoms with Crippen LogP contribution in [0.25, 0.3) is 10.9 Å². The van der Waals surface area contributed by atoms with Crippen molar-refractivity contribution < 1.29 is 31.8 Å². The largest absolute Gasteiger partial charge is 0.497 e. The Balaban J connectivity index is 1.36. The molecule has 0 bridgehead atoms. The van der Waals surface area contributed by atoms with E-state index in [1.807, 2.05) is 6.07 Å². The fourth-order valence-corrected chi connectivity index (χ4v) is 4.78. The molecule has 0 aliphatic carbocycles. The molecule has 0 saturated carbocycles. The van der Waals surface area contributed by atoms with E-state index in [0.29, 0.717) is 25.2 Å². The third kappa shape index (κ3) is 7.74. The Morgan fingerprint density at radius 3 is 2.79 bits per heavy atom. The van der Waals surface area contributed by atoms with Gasteiger partial charge in [0, 0.05) is 19.7 Å². The zero-order valence-corrected chi connectivity index (χ0v) is 22.5. The lowest BCUT2D eigenvalue weighted by molar-refractivity contribution is -0.0169. The summed E-state index contributed by atoms with van der Waals surface area (Å²) in [7, 11) is -1.73. The number of hydrogen-bond donors (Lipinski definition) is 3. The lowest BCUT2D eigenvalue weighted by Gasteiger charge is -2.29. The highest BCUT2D eigenvalue weighted by molar-refractivity contribution is 7.88. The molecule has 11 nitrogen and oxygen atoms in total. The van der Waals surface area contributed by atoms with Crippen LogP contribution in [-0.2, 0) is 21.3 Å². The highest BCUT2D eigenvalue weighted by Gasteiger charge is 2.23. The van der Waals surface area contributed by atoms with E-state index in [1.165, 1.54) is 6.07 Å². The van der Waals surface area contributed by atoms with Crippen molar-refractivity contribution in [2.24, 2.45) is 5.92 Å². The highest BCUT2D eigenvalue weighted by Crippen LogP contribution is 2.27. The minimum Gasteiger partial charge on any atom is -0.497 e. The molecule has 4 rings (SSSR count). The number of aromatic amines is 1. The van der Waals surface area contributed by atoms with Crippen LogP contribution >= 0.6 is 0 Å². The van der Waals surface area contributed by atoms with Crippen molar-refractivity contribution in [3.8, 4) is 11.5 Å². The number of amides is 1. The molecule has 1 aliphatic heterocycles. The number of hydrogen-bond acceptors (Lipinski definition) is 8. The Morgan fingerprint density at radius 1 is 1.26 bits per heavy atom. The number of fused-ring (bicyclic) bond motifs is 1. The van der Waals surface area contributed by atoms with Crippen molar-refractivity contribution in [2.45, 2.75) is 31.9 Å². The molecule has 1 fully saturated rings. The van der Waals surface area contributed by atoms with Gasteiger partial charge in [-0.05, 0) is 55.0 Å². The fraction of sp³-hybridized carbons (Fsp3) is 0.423. The maximum atomic E-state index is 14.7. The standard InChI is InChI=1S/C26H31FN4O7S/c1-36-18-5-3-4-17(12-18)13-28-26(33)24-30-21-9-8-20(27)23(22(21)25(32)31-24)37-11-10-16-6-7-19(38-15-16)14-29-39(2,34)35/h3-5,8-9,12,16,19,29H,6-7,10-11,13-15H2,1-2H3,(H,28,33)(H,30,31,32). The SMILES string of the molecule is COc1cccc(CNC(=O)c2nc3ccc(F)c(OCCC4CCC(CNS(C)(=O)=O)OC4)c3c(=O)[nH]2)c1. The highest BCUT2D eigenvalue weighted by atomic mass is 32.2. The summed E-state index contributed by atoms with van der Waals surface area (Å²) in [6.45, 7) is 0.974. The van der Waals surface area contributed by atoms with E-state index < -0.39 is 27.3 Å². The van der Waals surface area contributed by atoms with Gasteiger partial charge >= 0.3 is 0 Å². The number of nitrogens with one attached hydrogen (secondary N) is 3. The van der Waals surface area contributed by atoms with Crippen LogP contribution in [0.1, 0.15) is 35.4 Å². The topological polar surface area (TPSA) is 149 Å². The third-order valence-corrected chi connectivity index (χ3v) is 7.08. The van der Waals surface area contributed by atoms with Gasteiger partial charge in [-0.3, -0.25) is 9.59 Å². The zero-order valence-electron chi connectivity index (χ0n) is 21.7. The number of ether oxygens (including phenoxy) is 3. The second-order valence-corrected chi connectivity index (χ2v) is 11.2. The molecule has 1 aromatic heterocycles. The number of sulfonamides is 1. The van der Waals surface area contributed by atoms with E-state index in [1.54, 1.807) is 25.3 Å². The van der Waals surface area contributed by atoms with Crippen molar-refractivity contribution in [1.82, 2.24) is 20.0 Å². The Hall–Kier alpha value is -3.55. The molecule has 2 unspecified atom stereocenters. The molecule has 2 aromatic carbocycles. The van der Waals surface area contributed by atoms with E-state index in [4.69, 9.17) is 14.2 Å². The maximum absolute atomic E-state index is 14.7. The maximum Gasteiger partial charge on any atom is 0.287 e. The predicted octanol–water partition coefficient (Wildman–Crippen LogP) is 2.11. The van der Waals surface area contributed by atoms with E-state index in [2.05, 4.69) is 20.0 Å². The summed E-state index contributed by atoms with van der Waals surface area (Å²) < 4.78 is 56.2. The molecule has 13 heteroatoms. The van der Waals surface area contributed by atoms with Crippen LogP contribution in [0.5, 0.6) is 11.5 Å². The normalized spacial score (nSPS) is 17.6. The van der Waals surface area contributed by atoms with Gasteiger partial charge in [0.05, 0.1) is 31.6 Å². The number of halogens is 1. The number of carbonyl (C=O) groups excluding carboxylic acids is 1. The van der Waals surface area contributed by atoms with Crippen LogP contribution in [0.3, 0.4) is 0 Å². The minimum atomic E-state index is -3.28. The number of H-pyrrole nitrogens is 1. The predicted molar refractivity (Wildman–Crippen MR) is 142 cm³/mol. The van der Waals surface area contributed by atoms with Crippen LogP contribution in [0.2, 0.25) is 0 Å². The van der Waals surface area contributed by atoms with Crippen molar-refractivity contribution in [3.63, 3.8) is 0 Å². The molecule has 3 N–H and O–H groups in total. The van der Waals surface area contributed by atoms with Gasteiger partial charge in [0.25, 0.3) is 11.5 Å². The van der Waals surface area contributed by atoms with E-state index >= 15 is 0 Å². The molecule has 0 spiro atoms. The molecule has 210 valence electrons. The van der Waals surface area contributed by atoms with Crippen molar-refractivity contribution in [1.29, 1.82) is 0 Å². The number of rotatable bonds is 11. The van der Waals surface area contributed by atoms with E-state index in [-0.39, 0.29) is 54.2 Å². The summed E-state index contributed by atoms with van der Waals surface area (Å²) in [5.74, 6) is -0.934. The van der Waals surface area contributed by atoms with E-state index in [0.717, 1.165) is 24.3 Å². The quantitative estimate of drug-likeness (QED) is 0.322. The van der Waals surface area contributed by atoms with Crippen LogP contribution in [0.4, 0.5) is 4.39 Å². The molecular formula is C26H31FN4O7S. The van der Waals surface area contributed by atoms with Gasteiger partial charge in [0.2, 0.25) is 10.0 Å². The van der Waals surface area contributed by atoms with Crippen LogP contribution in [-0.4, -0.2) is 63.5 Å². The molecule has 0 radical (unpaired) electrons.